The molecule has 12 nitrogen and oxygen atoms in total. The van der Waals surface area contributed by atoms with Gasteiger partial charge in [-0.1, -0.05) is 41.4 Å². The van der Waals surface area contributed by atoms with Crippen molar-refractivity contribution in [2.24, 2.45) is 5.92 Å². The van der Waals surface area contributed by atoms with Crippen LogP contribution in [-0.2, 0) is 15.1 Å². The van der Waals surface area contributed by atoms with Gasteiger partial charge in [0.2, 0.25) is 6.04 Å². The zero-order valence-corrected chi connectivity index (χ0v) is 25.7. The zero-order valence-electron chi connectivity index (χ0n) is 24.2. The Morgan fingerprint density at radius 2 is 1.91 bits per heavy atom. The highest BCUT2D eigenvalue weighted by Gasteiger charge is 2.71. The molecule has 0 radical (unpaired) electrons. The fourth-order valence-corrected chi connectivity index (χ4v) is 7.48. The third-order valence-corrected chi connectivity index (χ3v) is 9.73. The van der Waals surface area contributed by atoms with Crippen LogP contribution in [0.15, 0.2) is 54.6 Å². The van der Waals surface area contributed by atoms with Crippen LogP contribution in [0.5, 0.6) is 0 Å². The Morgan fingerprint density at radius 3 is 2.57 bits per heavy atom. The lowest BCUT2D eigenvalue weighted by atomic mass is 9.73. The maximum Gasteiger partial charge on any atom is 0.337 e. The average molecular weight is 673 g/mol. The molecule has 2 aliphatic heterocycles. The molecule has 3 aliphatic rings. The molecule has 5 atom stereocenters. The van der Waals surface area contributed by atoms with Gasteiger partial charge in [0.1, 0.15) is 11.4 Å². The van der Waals surface area contributed by atoms with Crippen molar-refractivity contribution >= 4 is 46.5 Å². The van der Waals surface area contributed by atoms with Gasteiger partial charge in [-0.15, -0.1) is 0 Å². The summed E-state index contributed by atoms with van der Waals surface area (Å²) in [5.41, 5.74) is -2.22. The van der Waals surface area contributed by atoms with Crippen molar-refractivity contribution in [3.63, 3.8) is 0 Å². The Labute approximate surface area is 271 Å². The van der Waals surface area contributed by atoms with Crippen molar-refractivity contribution in [3.05, 3.63) is 113 Å². The molecular weight excluding hydrogens is 646 g/mol. The van der Waals surface area contributed by atoms with Gasteiger partial charge in [0, 0.05) is 39.4 Å². The van der Waals surface area contributed by atoms with Crippen LogP contribution in [0.3, 0.4) is 0 Å². The van der Waals surface area contributed by atoms with E-state index in [1.54, 1.807) is 11.0 Å². The minimum absolute atomic E-state index is 0.0491. The van der Waals surface area contributed by atoms with Crippen LogP contribution in [0.4, 0.5) is 15.8 Å². The van der Waals surface area contributed by atoms with E-state index in [-0.39, 0.29) is 34.2 Å². The fraction of sp³-hybridized carbons (Fsp3) is 0.355. The summed E-state index contributed by atoms with van der Waals surface area (Å²) in [4.78, 5) is 52.0. The summed E-state index contributed by atoms with van der Waals surface area (Å²) in [5.74, 6) is -3.78. The number of aliphatic hydroxyl groups is 1. The summed E-state index contributed by atoms with van der Waals surface area (Å²) in [6.45, 7) is 0.181. The summed E-state index contributed by atoms with van der Waals surface area (Å²) >= 11 is 12.4. The monoisotopic (exact) mass is 672 g/mol. The first-order valence-corrected chi connectivity index (χ1v) is 15.2. The number of hydrogen-bond acceptors (Lipinski definition) is 9. The first kappa shape index (κ1) is 31.8. The third kappa shape index (κ3) is 5.07. The van der Waals surface area contributed by atoms with Crippen molar-refractivity contribution in [3.8, 4) is 0 Å². The Kier molecular flexibility index (Phi) is 8.21. The molecule has 2 heterocycles. The number of nitrogens with zero attached hydrogens (tertiary/aromatic N) is 3. The molecule has 1 saturated carbocycles. The molecule has 3 aromatic rings. The Morgan fingerprint density at radius 1 is 1.17 bits per heavy atom. The Bertz CT molecular complexity index is 1790. The number of methoxy groups -OCH3 is 1. The quantitative estimate of drug-likeness (QED) is 0.167. The van der Waals surface area contributed by atoms with Gasteiger partial charge in [-0.2, -0.15) is 0 Å². The summed E-state index contributed by atoms with van der Waals surface area (Å²) in [7, 11) is 1.13. The molecule has 1 saturated heterocycles. The maximum atomic E-state index is 16.0. The number of halogens is 3. The molecule has 1 amide bonds. The van der Waals surface area contributed by atoms with Crippen LogP contribution in [0, 0.1) is 32.0 Å². The lowest BCUT2D eigenvalue weighted by Crippen LogP contribution is -2.53. The van der Waals surface area contributed by atoms with Gasteiger partial charge in [-0.25, -0.2) is 9.18 Å². The van der Waals surface area contributed by atoms with Crippen molar-refractivity contribution < 1.29 is 33.7 Å². The van der Waals surface area contributed by atoms with E-state index in [2.05, 4.69) is 5.32 Å². The number of nitro benzene ring substituents is 1. The number of carbonyl (C=O) groups excluding carboxylic acids is 2. The van der Waals surface area contributed by atoms with Crippen molar-refractivity contribution in [2.45, 2.75) is 48.9 Å². The summed E-state index contributed by atoms with van der Waals surface area (Å²) in [5, 5.41) is 39.5. The van der Waals surface area contributed by atoms with Gasteiger partial charge in [0.05, 0.1) is 46.2 Å². The van der Waals surface area contributed by atoms with E-state index < -0.39 is 69.3 Å². The largest absolute Gasteiger partial charge is 0.465 e. The third-order valence-electron chi connectivity index (χ3n) is 9.21. The zero-order chi connectivity index (χ0) is 33.1. The van der Waals surface area contributed by atoms with Gasteiger partial charge >= 0.3 is 5.97 Å². The molecule has 1 unspecified atom stereocenters. The number of likely N-dealkylation sites (tertiary alicyclic amines) is 1. The number of nitrogens with one attached hydrogen (secondary N) is 1. The number of nitro groups is 2. The second kappa shape index (κ2) is 11.9. The number of carbonyl (C=O) groups is 2. The van der Waals surface area contributed by atoms with Gasteiger partial charge < -0.3 is 15.2 Å². The van der Waals surface area contributed by atoms with Gasteiger partial charge in [0.25, 0.3) is 11.6 Å². The van der Waals surface area contributed by atoms with Crippen LogP contribution in [0.2, 0.25) is 10.0 Å². The van der Waals surface area contributed by atoms with Crippen molar-refractivity contribution in [2.75, 3.05) is 19.0 Å². The smallest absolute Gasteiger partial charge is 0.337 e. The van der Waals surface area contributed by atoms with E-state index in [0.29, 0.717) is 16.3 Å². The van der Waals surface area contributed by atoms with Gasteiger partial charge in [0.15, 0.2) is 0 Å². The van der Waals surface area contributed by atoms with Crippen molar-refractivity contribution in [1.82, 2.24) is 4.90 Å². The van der Waals surface area contributed by atoms with E-state index in [1.807, 2.05) is 0 Å². The number of hydrogen-bond donors (Lipinski definition) is 2. The number of fused-ring (bicyclic) bond motifs is 2. The SMILES string of the molecule is COC(=O)c1ccc([N+](=O)[O-])c(C(O)C[C@H]2[C@@H]([N+](=O)[O-])[C@H](c3cccc(Cl)c3F)[C@]3(C(=O)Nc4cc(Cl)ccc43)N2CC2CC2)c1. The van der Waals surface area contributed by atoms with Crippen LogP contribution < -0.4 is 5.32 Å². The van der Waals surface area contributed by atoms with Gasteiger partial charge in [-0.3, -0.25) is 29.9 Å². The Hall–Kier alpha value is -4.17. The van der Waals surface area contributed by atoms with E-state index >= 15 is 4.39 Å². The summed E-state index contributed by atoms with van der Waals surface area (Å²) in [6, 6.07) is 9.09. The number of amides is 1. The first-order valence-electron chi connectivity index (χ1n) is 14.4. The number of esters is 1. The number of aliphatic hydroxyl groups excluding tert-OH is 1. The molecule has 2 N–H and O–H groups in total. The lowest BCUT2D eigenvalue weighted by Gasteiger charge is -2.39. The molecule has 3 aromatic carbocycles. The van der Waals surface area contributed by atoms with E-state index in [0.717, 1.165) is 32.1 Å². The van der Waals surface area contributed by atoms with Crippen LogP contribution in [-0.4, -0.2) is 57.5 Å². The number of rotatable bonds is 9. The number of ether oxygens (including phenoxy) is 1. The highest BCUT2D eigenvalue weighted by Crippen LogP contribution is 2.60. The predicted molar refractivity (Wildman–Crippen MR) is 164 cm³/mol. The topological polar surface area (TPSA) is 165 Å². The summed E-state index contributed by atoms with van der Waals surface area (Å²) in [6.07, 6.45) is -0.625. The molecular formula is C31H27Cl2FN4O8. The molecule has 240 valence electrons. The standard InChI is InChI=1S/C31H27Cl2FN4O8/c1-46-29(40)16-7-10-23(37(42)43)19(11-16)25(39)13-24-28(38(44)45)26(18-3-2-4-21(33)27(18)34)31(36(24)14-15-5-6-15)20-9-8-17(32)12-22(20)35-30(31)41/h2-4,7-12,15,24-26,28,39H,5-6,13-14H2,1H3,(H,35,41)/t24-,25?,26-,28+,31+/m0/s1. The predicted octanol–water partition coefficient (Wildman–Crippen LogP) is 5.62. The minimum Gasteiger partial charge on any atom is -0.465 e. The Balaban J connectivity index is 1.58. The molecule has 6 rings (SSSR count). The lowest BCUT2D eigenvalue weighted by molar-refractivity contribution is -0.528. The normalized spacial score (nSPS) is 24.5. The van der Waals surface area contributed by atoms with Crippen LogP contribution in [0.25, 0.3) is 0 Å². The molecule has 1 aliphatic carbocycles. The summed E-state index contributed by atoms with van der Waals surface area (Å²) < 4.78 is 20.7. The van der Waals surface area contributed by atoms with E-state index in [1.165, 1.54) is 36.4 Å². The molecule has 15 heteroatoms. The number of benzene rings is 3. The maximum absolute atomic E-state index is 16.0. The first-order chi connectivity index (χ1) is 21.9. The highest BCUT2D eigenvalue weighted by atomic mass is 35.5. The minimum atomic E-state index is -1.84. The van der Waals surface area contributed by atoms with E-state index in [9.17, 15) is 34.9 Å². The molecule has 2 fully saturated rings. The molecule has 46 heavy (non-hydrogen) atoms. The van der Waals surface area contributed by atoms with Gasteiger partial charge in [-0.05, 0) is 55.5 Å². The van der Waals surface area contributed by atoms with Crippen molar-refractivity contribution in [1.29, 1.82) is 0 Å². The van der Waals surface area contributed by atoms with Crippen LogP contribution >= 0.6 is 23.2 Å². The molecule has 0 bridgehead atoms. The second-order valence-electron chi connectivity index (χ2n) is 11.7. The highest BCUT2D eigenvalue weighted by molar-refractivity contribution is 6.31. The van der Waals surface area contributed by atoms with Crippen LogP contribution in [0.1, 0.15) is 58.3 Å². The van der Waals surface area contributed by atoms with E-state index in [4.69, 9.17) is 27.9 Å². The fourth-order valence-electron chi connectivity index (χ4n) is 7.12. The second-order valence-corrected chi connectivity index (χ2v) is 12.6. The number of anilines is 1. The molecule has 0 aromatic heterocycles. The molecule has 1 spiro atoms. The average Bonchev–Trinajstić information content (AvgIpc) is 3.74.